The van der Waals surface area contributed by atoms with Gasteiger partial charge in [-0.3, -0.25) is 9.59 Å². The summed E-state index contributed by atoms with van der Waals surface area (Å²) in [6, 6.07) is -0.477. The number of hydrogen-bond acceptors (Lipinski definition) is 3. The fourth-order valence-corrected chi connectivity index (χ4v) is 2.01. The maximum absolute atomic E-state index is 12.0. The van der Waals surface area contributed by atoms with Gasteiger partial charge in [-0.25, -0.2) is 0 Å². The minimum Gasteiger partial charge on any atom is -0.350 e. The Bertz CT molecular complexity index is 328. The van der Waals surface area contributed by atoms with Gasteiger partial charge in [0.1, 0.15) is 0 Å². The van der Waals surface area contributed by atoms with E-state index in [0.29, 0.717) is 13.0 Å². The van der Waals surface area contributed by atoms with Crippen molar-refractivity contribution in [2.45, 2.75) is 52.6 Å². The molecule has 2 amide bonds. The number of rotatable bonds is 3. The molecule has 5 nitrogen and oxygen atoms in total. The van der Waals surface area contributed by atoms with Crippen LogP contribution in [-0.2, 0) is 9.59 Å². The Balaban J connectivity index is 0.00000324. The molecule has 0 radical (unpaired) electrons. The topological polar surface area (TPSA) is 75.4 Å². The molecule has 0 aromatic heterocycles. The van der Waals surface area contributed by atoms with Crippen molar-refractivity contribution in [3.05, 3.63) is 0 Å². The smallest absolute Gasteiger partial charge is 0.237 e. The van der Waals surface area contributed by atoms with Crippen molar-refractivity contribution in [1.29, 1.82) is 0 Å². The van der Waals surface area contributed by atoms with Gasteiger partial charge in [-0.15, -0.1) is 12.4 Å². The molecule has 1 aliphatic heterocycles. The highest BCUT2D eigenvalue weighted by Crippen LogP contribution is 2.18. The highest BCUT2D eigenvalue weighted by Gasteiger charge is 2.31. The second-order valence-electron chi connectivity index (χ2n) is 6.03. The predicted octanol–water partition coefficient (Wildman–Crippen LogP) is 0.909. The number of carbonyl (C=O) groups excluding carboxylic acids is 2. The zero-order chi connectivity index (χ0) is 13.9. The maximum Gasteiger partial charge on any atom is 0.237 e. The van der Waals surface area contributed by atoms with Gasteiger partial charge in [0.25, 0.3) is 0 Å². The van der Waals surface area contributed by atoms with Crippen molar-refractivity contribution in [2.75, 3.05) is 13.1 Å². The second-order valence-corrected chi connectivity index (χ2v) is 6.03. The lowest BCUT2D eigenvalue weighted by molar-refractivity contribution is -0.130. The number of amides is 2. The molecular weight excluding hydrogens is 266 g/mol. The van der Waals surface area contributed by atoms with E-state index in [1.807, 2.05) is 27.7 Å². The van der Waals surface area contributed by atoms with Crippen LogP contribution in [0.3, 0.4) is 0 Å². The summed E-state index contributed by atoms with van der Waals surface area (Å²) < 4.78 is 0. The van der Waals surface area contributed by atoms with E-state index >= 15 is 0 Å². The van der Waals surface area contributed by atoms with Gasteiger partial charge in [0.15, 0.2) is 0 Å². The lowest BCUT2D eigenvalue weighted by atomic mass is 9.87. The predicted molar refractivity (Wildman–Crippen MR) is 78.1 cm³/mol. The first-order valence-corrected chi connectivity index (χ1v) is 6.59. The first-order valence-electron chi connectivity index (χ1n) is 6.59. The van der Waals surface area contributed by atoms with E-state index in [1.165, 1.54) is 0 Å². The summed E-state index contributed by atoms with van der Waals surface area (Å²) >= 11 is 0. The summed E-state index contributed by atoms with van der Waals surface area (Å²) in [5, 5.41) is 2.94. The molecule has 0 bridgehead atoms. The monoisotopic (exact) mass is 291 g/mol. The molecule has 0 aromatic carbocycles. The van der Waals surface area contributed by atoms with Gasteiger partial charge in [-0.05, 0) is 11.8 Å². The average molecular weight is 292 g/mol. The van der Waals surface area contributed by atoms with Crippen LogP contribution in [0.4, 0.5) is 0 Å². The third-order valence-corrected chi connectivity index (χ3v) is 3.41. The van der Waals surface area contributed by atoms with Crippen molar-refractivity contribution in [2.24, 2.45) is 11.1 Å². The van der Waals surface area contributed by atoms with Gasteiger partial charge in [-0.1, -0.05) is 27.7 Å². The van der Waals surface area contributed by atoms with Gasteiger partial charge < -0.3 is 16.0 Å². The van der Waals surface area contributed by atoms with Crippen LogP contribution >= 0.6 is 12.4 Å². The van der Waals surface area contributed by atoms with Gasteiger partial charge >= 0.3 is 0 Å². The first-order chi connectivity index (χ1) is 8.25. The SMILES string of the molecule is CCC(=O)N1CCC(NC(=O)[C@@H](N)C(C)(C)C)C1.Cl. The molecule has 0 aromatic rings. The molecule has 3 N–H and O–H groups in total. The summed E-state index contributed by atoms with van der Waals surface area (Å²) in [6.07, 6.45) is 1.33. The molecule has 19 heavy (non-hydrogen) atoms. The Morgan fingerprint density at radius 1 is 1.42 bits per heavy atom. The van der Waals surface area contributed by atoms with Gasteiger partial charge in [0.2, 0.25) is 11.8 Å². The molecule has 1 saturated heterocycles. The third-order valence-electron chi connectivity index (χ3n) is 3.41. The lowest BCUT2D eigenvalue weighted by Crippen LogP contribution is -2.52. The van der Waals surface area contributed by atoms with Crippen LogP contribution in [0.1, 0.15) is 40.5 Å². The first kappa shape index (κ1) is 18.2. The molecule has 0 aliphatic carbocycles. The van der Waals surface area contributed by atoms with Crippen LogP contribution in [0.15, 0.2) is 0 Å². The van der Waals surface area contributed by atoms with Crippen molar-refractivity contribution in [3.63, 3.8) is 0 Å². The van der Waals surface area contributed by atoms with E-state index in [2.05, 4.69) is 5.32 Å². The zero-order valence-electron chi connectivity index (χ0n) is 12.2. The Labute approximate surface area is 121 Å². The van der Waals surface area contributed by atoms with Crippen molar-refractivity contribution >= 4 is 24.2 Å². The third kappa shape index (κ3) is 4.99. The molecule has 1 unspecified atom stereocenters. The Kier molecular flexibility index (Phi) is 6.80. The van der Waals surface area contributed by atoms with E-state index in [-0.39, 0.29) is 35.7 Å². The highest BCUT2D eigenvalue weighted by molar-refractivity contribution is 5.85. The van der Waals surface area contributed by atoms with Crippen molar-refractivity contribution < 1.29 is 9.59 Å². The van der Waals surface area contributed by atoms with Crippen molar-refractivity contribution in [1.82, 2.24) is 10.2 Å². The Morgan fingerprint density at radius 3 is 2.47 bits per heavy atom. The summed E-state index contributed by atoms with van der Waals surface area (Å²) in [5.41, 5.74) is 5.65. The van der Waals surface area contributed by atoms with Crippen LogP contribution in [0, 0.1) is 5.41 Å². The molecule has 1 fully saturated rings. The van der Waals surface area contributed by atoms with Crippen LogP contribution in [-0.4, -0.2) is 41.9 Å². The van der Waals surface area contributed by atoms with Gasteiger partial charge in [-0.2, -0.15) is 0 Å². The van der Waals surface area contributed by atoms with Crippen LogP contribution in [0.5, 0.6) is 0 Å². The number of halogens is 1. The van der Waals surface area contributed by atoms with E-state index in [9.17, 15) is 9.59 Å². The molecule has 6 heteroatoms. The normalized spacial score (nSPS) is 20.7. The number of carbonyl (C=O) groups is 2. The molecule has 0 spiro atoms. The summed E-state index contributed by atoms with van der Waals surface area (Å²) in [5.74, 6) is 0.0187. The Hall–Kier alpha value is -0.810. The summed E-state index contributed by atoms with van der Waals surface area (Å²) in [7, 11) is 0. The zero-order valence-corrected chi connectivity index (χ0v) is 13.0. The fourth-order valence-electron chi connectivity index (χ4n) is 2.01. The number of nitrogens with one attached hydrogen (secondary N) is 1. The Morgan fingerprint density at radius 2 is 2.00 bits per heavy atom. The minimum atomic E-state index is -0.520. The van der Waals surface area contributed by atoms with Crippen LogP contribution in [0.2, 0.25) is 0 Å². The molecule has 112 valence electrons. The summed E-state index contributed by atoms with van der Waals surface area (Å²) in [4.78, 5) is 25.3. The van der Waals surface area contributed by atoms with E-state index in [1.54, 1.807) is 4.90 Å². The number of nitrogens with two attached hydrogens (primary N) is 1. The molecule has 2 atom stereocenters. The molecule has 1 rings (SSSR count). The lowest BCUT2D eigenvalue weighted by Gasteiger charge is -2.27. The maximum atomic E-state index is 12.0. The molecule has 1 heterocycles. The molecule has 0 saturated carbocycles. The van der Waals surface area contributed by atoms with Gasteiger partial charge in [0.05, 0.1) is 6.04 Å². The minimum absolute atomic E-state index is 0. The second kappa shape index (κ2) is 7.10. The number of hydrogen-bond donors (Lipinski definition) is 2. The van der Waals surface area contributed by atoms with E-state index < -0.39 is 6.04 Å². The largest absolute Gasteiger partial charge is 0.350 e. The fraction of sp³-hybridized carbons (Fsp3) is 0.846. The quantitative estimate of drug-likeness (QED) is 0.811. The standard InChI is InChI=1S/C13H25N3O2.ClH/c1-5-10(17)16-7-6-9(8-16)15-12(18)11(14)13(2,3)4;/h9,11H,5-8,14H2,1-4H3,(H,15,18);1H/t9?,11-;/m1./s1. The summed E-state index contributed by atoms with van der Waals surface area (Å²) in [6.45, 7) is 9.01. The molecular formula is C13H26ClN3O2. The number of likely N-dealkylation sites (tertiary alicyclic amines) is 1. The highest BCUT2D eigenvalue weighted by atomic mass is 35.5. The number of nitrogens with zero attached hydrogens (tertiary/aromatic N) is 1. The van der Waals surface area contributed by atoms with E-state index in [4.69, 9.17) is 5.73 Å². The van der Waals surface area contributed by atoms with E-state index in [0.717, 1.165) is 13.0 Å². The van der Waals surface area contributed by atoms with Crippen molar-refractivity contribution in [3.8, 4) is 0 Å². The van der Waals surface area contributed by atoms with Gasteiger partial charge in [0, 0.05) is 25.6 Å². The van der Waals surface area contributed by atoms with Crippen LogP contribution in [0.25, 0.3) is 0 Å². The average Bonchev–Trinajstić information content (AvgIpc) is 2.74. The van der Waals surface area contributed by atoms with Crippen LogP contribution < -0.4 is 11.1 Å². The molecule has 1 aliphatic rings.